The number of ether oxygens (including phenoxy) is 4. The topological polar surface area (TPSA) is 169 Å². The number of nitrogens with one attached hydrogen (secondary N) is 1. The molecule has 2 aromatic carbocycles. The van der Waals surface area contributed by atoms with Crippen molar-refractivity contribution in [3.05, 3.63) is 70.8 Å². The molecule has 2 saturated heterocycles. The molecule has 0 spiro atoms. The predicted octanol–water partition coefficient (Wildman–Crippen LogP) is 1.53. The summed E-state index contributed by atoms with van der Waals surface area (Å²) in [5.41, 5.74) is 1.61. The van der Waals surface area contributed by atoms with Crippen LogP contribution in [0.2, 0.25) is 0 Å². The number of fused-ring (bicyclic) bond motifs is 1. The van der Waals surface area contributed by atoms with E-state index in [1.807, 2.05) is 6.92 Å². The summed E-state index contributed by atoms with van der Waals surface area (Å²) in [4.78, 5) is 18.2. The molecule has 14 heteroatoms. The first-order chi connectivity index (χ1) is 21.5. The van der Waals surface area contributed by atoms with Crippen LogP contribution in [-0.2, 0) is 30.4 Å². The molecule has 1 saturated carbocycles. The lowest BCUT2D eigenvalue weighted by Crippen LogP contribution is -2.67. The molecule has 3 fully saturated rings. The van der Waals surface area contributed by atoms with E-state index in [2.05, 4.69) is 10.5 Å². The minimum Gasteiger partial charge on any atom is -0.462 e. The Balaban J connectivity index is 1.17. The van der Waals surface area contributed by atoms with Gasteiger partial charge in [-0.05, 0) is 54.8 Å². The van der Waals surface area contributed by atoms with Gasteiger partial charge >= 0.3 is 0 Å². The molecule has 0 bridgehead atoms. The highest BCUT2D eigenvalue weighted by molar-refractivity contribution is 5.97. The minimum absolute atomic E-state index is 0.0500. The van der Waals surface area contributed by atoms with Gasteiger partial charge in [-0.25, -0.2) is 8.78 Å². The minimum atomic E-state index is -1.50. The molecule has 5 N–H and O–H groups in total. The van der Waals surface area contributed by atoms with E-state index in [1.165, 1.54) is 37.3 Å². The Kier molecular flexibility index (Phi) is 10.4. The van der Waals surface area contributed by atoms with Crippen molar-refractivity contribution in [1.82, 2.24) is 5.32 Å². The van der Waals surface area contributed by atoms with Crippen molar-refractivity contribution >= 4 is 17.7 Å². The third-order valence-corrected chi connectivity index (χ3v) is 7.96. The third kappa shape index (κ3) is 7.49. The molecule has 3 aliphatic rings. The highest BCUT2D eigenvalue weighted by Crippen LogP contribution is 2.31. The van der Waals surface area contributed by atoms with Crippen LogP contribution in [0.3, 0.4) is 0 Å². The second-order valence-corrected chi connectivity index (χ2v) is 11.1. The van der Waals surface area contributed by atoms with Crippen molar-refractivity contribution in [2.75, 3.05) is 6.79 Å². The number of halogens is 2. The molecular formula is C31H36F2N2O10. The zero-order valence-electron chi connectivity index (χ0n) is 24.6. The van der Waals surface area contributed by atoms with Crippen LogP contribution < -0.4 is 10.1 Å². The normalized spacial score (nSPS) is 31.9. The number of rotatable bonds is 10. The zero-order valence-corrected chi connectivity index (χ0v) is 24.6. The number of carbonyl (C=O) groups is 1. The summed E-state index contributed by atoms with van der Waals surface area (Å²) in [5.74, 6) is -1.89. The Morgan fingerprint density at radius 3 is 2.44 bits per heavy atom. The first kappa shape index (κ1) is 32.9. The molecule has 45 heavy (non-hydrogen) atoms. The Morgan fingerprint density at radius 1 is 1.04 bits per heavy atom. The second-order valence-electron chi connectivity index (χ2n) is 11.1. The van der Waals surface area contributed by atoms with Crippen molar-refractivity contribution in [3.8, 4) is 5.75 Å². The number of nitrogens with zero attached hydrogens (tertiary/aromatic N) is 1. The molecule has 5 rings (SSSR count). The monoisotopic (exact) mass is 634 g/mol. The Hall–Kier alpha value is -3.50. The van der Waals surface area contributed by atoms with E-state index in [4.69, 9.17) is 23.8 Å². The Bertz CT molecular complexity index is 1410. The molecule has 12 nitrogen and oxygen atoms in total. The predicted molar refractivity (Wildman–Crippen MR) is 153 cm³/mol. The fourth-order valence-corrected chi connectivity index (χ4v) is 5.48. The van der Waals surface area contributed by atoms with Gasteiger partial charge in [0.1, 0.15) is 55.8 Å². The second kappa shape index (κ2) is 14.3. The van der Waals surface area contributed by atoms with Crippen molar-refractivity contribution in [3.63, 3.8) is 0 Å². The van der Waals surface area contributed by atoms with Crippen LogP contribution in [-0.4, -0.2) is 93.9 Å². The molecular weight excluding hydrogens is 598 g/mol. The van der Waals surface area contributed by atoms with Crippen LogP contribution in [0.15, 0.2) is 53.2 Å². The fourth-order valence-electron chi connectivity index (χ4n) is 5.48. The van der Waals surface area contributed by atoms with Crippen LogP contribution in [0, 0.1) is 11.6 Å². The van der Waals surface area contributed by atoms with Crippen molar-refractivity contribution < 1.29 is 57.8 Å². The maximum Gasteiger partial charge on any atom is 0.247 e. The van der Waals surface area contributed by atoms with Gasteiger partial charge in [-0.2, -0.15) is 0 Å². The van der Waals surface area contributed by atoms with Gasteiger partial charge in [0, 0.05) is 12.0 Å². The van der Waals surface area contributed by atoms with Crippen LogP contribution in [0.1, 0.15) is 37.8 Å². The van der Waals surface area contributed by atoms with Crippen LogP contribution in [0.5, 0.6) is 5.75 Å². The highest BCUT2D eigenvalue weighted by Gasteiger charge is 2.53. The van der Waals surface area contributed by atoms with E-state index in [1.54, 1.807) is 12.1 Å². The van der Waals surface area contributed by atoms with Crippen LogP contribution in [0.4, 0.5) is 8.78 Å². The molecule has 1 amide bonds. The molecule has 2 aliphatic heterocycles. The van der Waals surface area contributed by atoms with E-state index < -0.39 is 66.8 Å². The van der Waals surface area contributed by atoms with Gasteiger partial charge in [-0.15, -0.1) is 0 Å². The quantitative estimate of drug-likeness (QED) is 0.147. The number of amides is 1. The average Bonchev–Trinajstić information content (AvgIpc) is 3.66. The van der Waals surface area contributed by atoms with Crippen molar-refractivity contribution in [2.45, 2.75) is 88.4 Å². The summed E-state index contributed by atoms with van der Waals surface area (Å²) < 4.78 is 50.1. The lowest BCUT2D eigenvalue weighted by Gasteiger charge is -2.41. The average molecular weight is 635 g/mol. The van der Waals surface area contributed by atoms with Crippen molar-refractivity contribution in [2.24, 2.45) is 5.16 Å². The van der Waals surface area contributed by atoms with Gasteiger partial charge in [0.05, 0.1) is 17.9 Å². The van der Waals surface area contributed by atoms with Gasteiger partial charge < -0.3 is 49.5 Å². The van der Waals surface area contributed by atoms with Crippen molar-refractivity contribution in [1.29, 1.82) is 0 Å². The maximum atomic E-state index is 15.0. The Morgan fingerprint density at radius 2 is 1.76 bits per heavy atom. The number of aliphatic hydroxyl groups is 4. The van der Waals surface area contributed by atoms with Gasteiger partial charge in [0.2, 0.25) is 12.2 Å². The standard InChI is InChI=1S/C31H36F2N2O10/c1-3-20(35-43-13-16-4-7-18(32)8-5-16)28-21(36)12-23(45-28)44-22-9-6-17(11-19(22)33)10-15(2)31(40)34-24-25(37)27(39)30-29(26(24)38)41-14-42-30/h4-11,21,23-30,36-39H,3,12-14H2,1-2H3,(H,34,40)/t21-,23+,24+,25-,26+,27+,28+,29-,30+/m0/s1. The third-order valence-electron chi connectivity index (χ3n) is 7.96. The zero-order chi connectivity index (χ0) is 32.2. The maximum absolute atomic E-state index is 15.0. The molecule has 0 aromatic heterocycles. The SMILES string of the molecule is CCC(=NOCc1ccc(F)cc1)[C@H]1O[C@@H](Oc2ccc(C=C(C)C(=O)N[C@@H]3[C@H](O)[C@@H](O)[C@H]4OCO[C@H]4[C@@H]3O)cc2F)C[C@@H]1O. The number of carbonyl (C=O) groups excluding carboxylic acids is 1. The van der Waals surface area contributed by atoms with E-state index >= 15 is 4.39 Å². The van der Waals surface area contributed by atoms with Gasteiger partial charge in [0.25, 0.3) is 0 Å². The van der Waals surface area contributed by atoms with E-state index in [0.29, 0.717) is 23.3 Å². The Labute approximate surface area is 257 Å². The lowest BCUT2D eigenvalue weighted by atomic mass is 9.83. The van der Waals surface area contributed by atoms with Gasteiger partial charge in [-0.1, -0.05) is 30.3 Å². The molecule has 2 aromatic rings. The summed E-state index contributed by atoms with van der Waals surface area (Å²) in [7, 11) is 0. The number of aliphatic hydroxyl groups excluding tert-OH is 4. The number of hydrogen-bond acceptors (Lipinski definition) is 11. The van der Waals surface area contributed by atoms with Crippen LogP contribution >= 0.6 is 0 Å². The first-order valence-corrected chi connectivity index (χ1v) is 14.5. The van der Waals surface area contributed by atoms with E-state index in [0.717, 1.165) is 6.07 Å². The van der Waals surface area contributed by atoms with E-state index in [9.17, 15) is 29.6 Å². The summed E-state index contributed by atoms with van der Waals surface area (Å²) >= 11 is 0. The number of benzene rings is 2. The molecule has 0 radical (unpaired) electrons. The molecule has 1 aliphatic carbocycles. The largest absolute Gasteiger partial charge is 0.462 e. The highest BCUT2D eigenvalue weighted by atomic mass is 19.1. The molecule has 0 unspecified atom stereocenters. The molecule has 2 heterocycles. The molecule has 244 valence electrons. The van der Waals surface area contributed by atoms with Gasteiger partial charge in [0.15, 0.2) is 11.6 Å². The summed E-state index contributed by atoms with van der Waals surface area (Å²) in [6, 6.07) is 8.57. The van der Waals surface area contributed by atoms with Gasteiger partial charge in [-0.3, -0.25) is 4.79 Å². The fraction of sp³-hybridized carbons (Fsp3) is 0.484. The van der Waals surface area contributed by atoms with Crippen LogP contribution in [0.25, 0.3) is 6.08 Å². The lowest BCUT2D eigenvalue weighted by molar-refractivity contribution is -0.155. The number of oxime groups is 1. The molecule has 9 atom stereocenters. The van der Waals surface area contributed by atoms with E-state index in [-0.39, 0.29) is 37.0 Å². The summed E-state index contributed by atoms with van der Waals surface area (Å²) in [6.07, 6.45) is -6.96. The number of hydrogen-bond donors (Lipinski definition) is 5. The summed E-state index contributed by atoms with van der Waals surface area (Å²) in [5, 5.41) is 48.5. The smallest absolute Gasteiger partial charge is 0.247 e. The summed E-state index contributed by atoms with van der Waals surface area (Å²) in [6.45, 7) is 3.23. The first-order valence-electron chi connectivity index (χ1n) is 14.5.